The van der Waals surface area contributed by atoms with Crippen LogP contribution in [0.3, 0.4) is 0 Å². The summed E-state index contributed by atoms with van der Waals surface area (Å²) in [5.41, 5.74) is 6.80. The first-order valence-electron chi connectivity index (χ1n) is 8.12. The maximum absolute atomic E-state index is 6.28. The fourth-order valence-corrected chi connectivity index (χ4v) is 4.35. The molecule has 1 saturated carbocycles. The molecule has 2 unspecified atom stereocenters. The Morgan fingerprint density at radius 3 is 2.58 bits per heavy atom. The molecule has 0 radical (unpaired) electrons. The van der Waals surface area contributed by atoms with E-state index in [9.17, 15) is 0 Å². The highest BCUT2D eigenvalue weighted by Gasteiger charge is 2.50. The summed E-state index contributed by atoms with van der Waals surface area (Å²) >= 11 is 0. The van der Waals surface area contributed by atoms with Crippen LogP contribution in [0.4, 0.5) is 0 Å². The number of hydrogen-bond acceptors (Lipinski definition) is 3. The van der Waals surface area contributed by atoms with Crippen LogP contribution >= 0.6 is 0 Å². The van der Waals surface area contributed by atoms with E-state index in [0.29, 0.717) is 11.5 Å². The van der Waals surface area contributed by atoms with Crippen molar-refractivity contribution in [3.05, 3.63) is 0 Å². The van der Waals surface area contributed by atoms with Crippen molar-refractivity contribution in [1.29, 1.82) is 0 Å². The highest BCUT2D eigenvalue weighted by molar-refractivity contribution is 5.06. The van der Waals surface area contributed by atoms with Crippen LogP contribution in [0.2, 0.25) is 0 Å². The van der Waals surface area contributed by atoms with E-state index >= 15 is 0 Å². The van der Waals surface area contributed by atoms with E-state index in [1.165, 1.54) is 45.1 Å². The number of likely N-dealkylation sites (tertiary alicyclic amines) is 1. The van der Waals surface area contributed by atoms with Crippen LogP contribution in [0.15, 0.2) is 0 Å². The third kappa shape index (κ3) is 2.84. The maximum Gasteiger partial charge on any atom is 0.0702 e. The summed E-state index contributed by atoms with van der Waals surface area (Å²) in [6, 6.07) is 0. The molecule has 0 aromatic carbocycles. The van der Waals surface area contributed by atoms with Gasteiger partial charge < -0.3 is 10.5 Å². The predicted octanol–water partition coefficient (Wildman–Crippen LogP) is 2.79. The first kappa shape index (κ1) is 15.3. The second-order valence-electron chi connectivity index (χ2n) is 6.99. The number of piperidine rings is 1. The molecule has 19 heavy (non-hydrogen) atoms. The molecule has 1 saturated heterocycles. The van der Waals surface area contributed by atoms with E-state index in [-0.39, 0.29) is 5.54 Å². The fourth-order valence-electron chi connectivity index (χ4n) is 4.35. The number of hydrogen-bond donors (Lipinski definition) is 1. The average Bonchev–Trinajstić information content (AvgIpc) is 2.39. The zero-order valence-corrected chi connectivity index (χ0v) is 13.1. The van der Waals surface area contributed by atoms with Gasteiger partial charge >= 0.3 is 0 Å². The van der Waals surface area contributed by atoms with Gasteiger partial charge in [0, 0.05) is 25.2 Å². The average molecular weight is 268 g/mol. The molecule has 1 aliphatic carbocycles. The number of ether oxygens (including phenoxy) is 1. The summed E-state index contributed by atoms with van der Waals surface area (Å²) in [5.74, 6) is 0. The second-order valence-corrected chi connectivity index (χ2v) is 6.99. The van der Waals surface area contributed by atoms with Crippen molar-refractivity contribution < 1.29 is 4.74 Å². The second kappa shape index (κ2) is 6.11. The van der Waals surface area contributed by atoms with Crippen LogP contribution in [0, 0.1) is 5.41 Å². The number of rotatable bonds is 4. The zero-order valence-electron chi connectivity index (χ0n) is 13.1. The highest BCUT2D eigenvalue weighted by Crippen LogP contribution is 2.47. The summed E-state index contributed by atoms with van der Waals surface area (Å²) in [5, 5.41) is 0. The molecule has 0 aromatic rings. The molecule has 1 aliphatic heterocycles. The van der Waals surface area contributed by atoms with E-state index < -0.39 is 0 Å². The van der Waals surface area contributed by atoms with Crippen molar-refractivity contribution >= 4 is 0 Å². The molecule has 0 spiro atoms. The third-order valence-corrected chi connectivity index (χ3v) is 5.63. The van der Waals surface area contributed by atoms with E-state index in [0.717, 1.165) is 19.7 Å². The standard InChI is InChI=1S/C16H32N2O/c1-4-19-14-8-7-11-18(12-14)16(13-17)10-6-5-9-15(16,2)3/h14H,4-13,17H2,1-3H3. The lowest BCUT2D eigenvalue weighted by Gasteiger charge is -2.57. The van der Waals surface area contributed by atoms with Gasteiger partial charge in [0.05, 0.1) is 6.10 Å². The molecular formula is C16H32N2O. The SMILES string of the molecule is CCOC1CCCN(C2(CN)CCCCC2(C)C)C1. The Kier molecular flexibility index (Phi) is 4.91. The first-order valence-corrected chi connectivity index (χ1v) is 8.12. The summed E-state index contributed by atoms with van der Waals surface area (Å²) in [6.07, 6.45) is 8.14. The van der Waals surface area contributed by atoms with Gasteiger partial charge in [-0.1, -0.05) is 26.7 Å². The van der Waals surface area contributed by atoms with Crippen molar-refractivity contribution in [3.63, 3.8) is 0 Å². The van der Waals surface area contributed by atoms with Crippen LogP contribution in [0.1, 0.15) is 59.3 Å². The monoisotopic (exact) mass is 268 g/mol. The molecule has 3 heteroatoms. The minimum Gasteiger partial charge on any atom is -0.377 e. The molecule has 2 N–H and O–H groups in total. The summed E-state index contributed by atoms with van der Waals surface area (Å²) in [4.78, 5) is 2.68. The lowest BCUT2D eigenvalue weighted by molar-refractivity contribution is -0.0908. The van der Waals surface area contributed by atoms with Crippen molar-refractivity contribution in [1.82, 2.24) is 4.90 Å². The van der Waals surface area contributed by atoms with Crippen LogP contribution in [-0.2, 0) is 4.74 Å². The molecule has 3 nitrogen and oxygen atoms in total. The lowest BCUT2D eigenvalue weighted by Crippen LogP contribution is -2.66. The van der Waals surface area contributed by atoms with Crippen LogP contribution in [0.25, 0.3) is 0 Å². The molecule has 0 amide bonds. The lowest BCUT2D eigenvalue weighted by atomic mass is 9.62. The third-order valence-electron chi connectivity index (χ3n) is 5.63. The maximum atomic E-state index is 6.28. The Morgan fingerprint density at radius 2 is 1.95 bits per heavy atom. The Bertz CT molecular complexity index is 290. The summed E-state index contributed by atoms with van der Waals surface area (Å²) < 4.78 is 5.88. The fraction of sp³-hybridized carbons (Fsp3) is 1.00. The van der Waals surface area contributed by atoms with Crippen molar-refractivity contribution in [2.45, 2.75) is 70.9 Å². The van der Waals surface area contributed by atoms with E-state index in [4.69, 9.17) is 10.5 Å². The molecule has 1 heterocycles. The van der Waals surface area contributed by atoms with Crippen LogP contribution < -0.4 is 5.73 Å². The van der Waals surface area contributed by atoms with Crippen LogP contribution in [0.5, 0.6) is 0 Å². The summed E-state index contributed by atoms with van der Waals surface area (Å²) in [7, 11) is 0. The highest BCUT2D eigenvalue weighted by atomic mass is 16.5. The smallest absolute Gasteiger partial charge is 0.0702 e. The molecular weight excluding hydrogens is 236 g/mol. The Morgan fingerprint density at radius 1 is 1.21 bits per heavy atom. The molecule has 2 fully saturated rings. The molecule has 0 bridgehead atoms. The first-order chi connectivity index (χ1) is 9.05. The predicted molar refractivity (Wildman–Crippen MR) is 80.3 cm³/mol. The van der Waals surface area contributed by atoms with Crippen molar-refractivity contribution in [2.24, 2.45) is 11.1 Å². The van der Waals surface area contributed by atoms with Gasteiger partial charge in [0.2, 0.25) is 0 Å². The van der Waals surface area contributed by atoms with Gasteiger partial charge in [-0.15, -0.1) is 0 Å². The van der Waals surface area contributed by atoms with Gasteiger partial charge in [-0.2, -0.15) is 0 Å². The Balaban J connectivity index is 2.15. The normalized spacial score (nSPS) is 36.3. The minimum atomic E-state index is 0.195. The van der Waals surface area contributed by atoms with E-state index in [2.05, 4.69) is 25.7 Å². The number of nitrogens with zero attached hydrogens (tertiary/aromatic N) is 1. The molecule has 2 rings (SSSR count). The Labute approximate surface area is 118 Å². The van der Waals surface area contributed by atoms with Gasteiger partial charge in [0.1, 0.15) is 0 Å². The minimum absolute atomic E-state index is 0.195. The number of nitrogens with two attached hydrogens (primary N) is 1. The topological polar surface area (TPSA) is 38.5 Å². The van der Waals surface area contributed by atoms with Gasteiger partial charge in [0.25, 0.3) is 0 Å². The van der Waals surface area contributed by atoms with E-state index in [1.807, 2.05) is 0 Å². The van der Waals surface area contributed by atoms with Gasteiger partial charge in [-0.25, -0.2) is 0 Å². The molecule has 2 aliphatic rings. The Hall–Kier alpha value is -0.120. The van der Waals surface area contributed by atoms with Gasteiger partial charge in [-0.05, 0) is 44.6 Å². The molecule has 0 aromatic heterocycles. The van der Waals surface area contributed by atoms with Crippen molar-refractivity contribution in [3.8, 4) is 0 Å². The summed E-state index contributed by atoms with van der Waals surface area (Å²) in [6.45, 7) is 10.8. The largest absolute Gasteiger partial charge is 0.377 e. The van der Waals surface area contributed by atoms with Gasteiger partial charge in [0.15, 0.2) is 0 Å². The molecule has 112 valence electrons. The molecule has 2 atom stereocenters. The van der Waals surface area contributed by atoms with Crippen molar-refractivity contribution in [2.75, 3.05) is 26.2 Å². The van der Waals surface area contributed by atoms with Gasteiger partial charge in [-0.3, -0.25) is 4.90 Å². The van der Waals surface area contributed by atoms with Crippen LogP contribution in [-0.4, -0.2) is 42.8 Å². The van der Waals surface area contributed by atoms with E-state index in [1.54, 1.807) is 0 Å². The zero-order chi connectivity index (χ0) is 13.9. The quantitative estimate of drug-likeness (QED) is 0.852.